The summed E-state index contributed by atoms with van der Waals surface area (Å²) in [6.07, 6.45) is 2.09. The number of rotatable bonds is 2. The van der Waals surface area contributed by atoms with Gasteiger partial charge in [0.2, 0.25) is 0 Å². The minimum atomic E-state index is -0.0855. The summed E-state index contributed by atoms with van der Waals surface area (Å²) in [4.78, 5) is 2.24. The summed E-state index contributed by atoms with van der Waals surface area (Å²) in [6, 6.07) is 6.39. The van der Waals surface area contributed by atoms with Gasteiger partial charge in [0, 0.05) is 12.1 Å². The van der Waals surface area contributed by atoms with Gasteiger partial charge < -0.3 is 10.5 Å². The molecule has 0 radical (unpaired) electrons. The van der Waals surface area contributed by atoms with E-state index in [0.29, 0.717) is 6.54 Å². The van der Waals surface area contributed by atoms with E-state index in [2.05, 4.69) is 44.1 Å². The van der Waals surface area contributed by atoms with Gasteiger partial charge in [-0.05, 0) is 39.9 Å². The summed E-state index contributed by atoms with van der Waals surface area (Å²) in [6.45, 7) is 3.52. The van der Waals surface area contributed by atoms with E-state index in [1.165, 1.54) is 11.1 Å². The second-order valence-electron chi connectivity index (χ2n) is 5.08. The summed E-state index contributed by atoms with van der Waals surface area (Å²) in [7, 11) is 4.20. The topological polar surface area (TPSA) is 38.5 Å². The van der Waals surface area contributed by atoms with Crippen molar-refractivity contribution in [1.82, 2.24) is 4.90 Å². The molecule has 0 saturated carbocycles. The lowest BCUT2D eigenvalue weighted by Crippen LogP contribution is -2.47. The molecule has 0 bridgehead atoms. The number of benzene rings is 1. The predicted molar refractivity (Wildman–Crippen MR) is 70.3 cm³/mol. The fourth-order valence-corrected chi connectivity index (χ4v) is 2.67. The van der Waals surface area contributed by atoms with Crippen molar-refractivity contribution in [2.24, 2.45) is 5.73 Å². The molecule has 1 aromatic carbocycles. The zero-order chi connectivity index (χ0) is 12.5. The lowest BCUT2D eigenvalue weighted by atomic mass is 9.83. The molecule has 0 spiro atoms. The Bertz CT molecular complexity index is 403. The van der Waals surface area contributed by atoms with E-state index in [9.17, 15) is 0 Å². The van der Waals surface area contributed by atoms with Gasteiger partial charge in [0.05, 0.1) is 12.1 Å². The molecule has 0 aromatic heterocycles. The zero-order valence-corrected chi connectivity index (χ0v) is 11.0. The highest BCUT2D eigenvalue weighted by molar-refractivity contribution is 5.43. The van der Waals surface area contributed by atoms with Crippen LogP contribution in [0.2, 0.25) is 0 Å². The van der Waals surface area contributed by atoms with Crippen LogP contribution in [0.5, 0.6) is 5.75 Å². The van der Waals surface area contributed by atoms with Crippen LogP contribution in [0.15, 0.2) is 18.2 Å². The molecule has 0 aliphatic carbocycles. The van der Waals surface area contributed by atoms with E-state index in [4.69, 9.17) is 10.5 Å². The summed E-state index contributed by atoms with van der Waals surface area (Å²) < 4.78 is 5.83. The first kappa shape index (κ1) is 12.4. The molecule has 94 valence electrons. The van der Waals surface area contributed by atoms with Gasteiger partial charge in [-0.25, -0.2) is 0 Å². The van der Waals surface area contributed by atoms with E-state index in [-0.39, 0.29) is 5.54 Å². The minimum absolute atomic E-state index is 0.0855. The third-order valence-electron chi connectivity index (χ3n) is 3.82. The molecule has 2 rings (SSSR count). The van der Waals surface area contributed by atoms with Gasteiger partial charge in [-0.15, -0.1) is 0 Å². The Labute approximate surface area is 104 Å². The van der Waals surface area contributed by atoms with Crippen molar-refractivity contribution in [3.05, 3.63) is 29.3 Å². The quantitative estimate of drug-likeness (QED) is 0.849. The average molecular weight is 234 g/mol. The lowest BCUT2D eigenvalue weighted by Gasteiger charge is -2.39. The molecule has 1 aliphatic rings. The molecular weight excluding hydrogens is 212 g/mol. The maximum absolute atomic E-state index is 6.08. The van der Waals surface area contributed by atoms with Gasteiger partial charge in [0.25, 0.3) is 0 Å². The van der Waals surface area contributed by atoms with Crippen molar-refractivity contribution >= 4 is 0 Å². The number of nitrogens with two attached hydrogens (primary N) is 1. The number of hydrogen-bond donors (Lipinski definition) is 1. The molecule has 1 atom stereocenters. The molecule has 0 fully saturated rings. The van der Waals surface area contributed by atoms with E-state index >= 15 is 0 Å². The Balaban J connectivity index is 2.58. The number of likely N-dealkylation sites (N-methyl/N-ethyl adjacent to an activating group) is 1. The Hall–Kier alpha value is -1.06. The SMILES string of the molecule is Cc1ccc2c(c1)C(CN)(N(C)C)CCCO2. The Morgan fingerprint density at radius 1 is 1.41 bits per heavy atom. The highest BCUT2D eigenvalue weighted by Crippen LogP contribution is 2.39. The summed E-state index contributed by atoms with van der Waals surface area (Å²) >= 11 is 0. The molecular formula is C14H22N2O. The zero-order valence-electron chi connectivity index (χ0n) is 11.0. The van der Waals surface area contributed by atoms with E-state index in [0.717, 1.165) is 25.2 Å². The fourth-order valence-electron chi connectivity index (χ4n) is 2.67. The van der Waals surface area contributed by atoms with Gasteiger partial charge in [0.15, 0.2) is 0 Å². The highest BCUT2D eigenvalue weighted by atomic mass is 16.5. The van der Waals surface area contributed by atoms with Gasteiger partial charge >= 0.3 is 0 Å². The summed E-state index contributed by atoms with van der Waals surface area (Å²) in [5.41, 5.74) is 8.49. The van der Waals surface area contributed by atoms with E-state index in [1.54, 1.807) is 0 Å². The molecule has 17 heavy (non-hydrogen) atoms. The van der Waals surface area contributed by atoms with Crippen LogP contribution in [0.1, 0.15) is 24.0 Å². The van der Waals surface area contributed by atoms with Crippen molar-refractivity contribution in [3.8, 4) is 5.75 Å². The average Bonchev–Trinajstić information content (AvgIpc) is 2.48. The van der Waals surface area contributed by atoms with E-state index in [1.807, 2.05) is 0 Å². The van der Waals surface area contributed by atoms with Gasteiger partial charge in [-0.3, -0.25) is 4.90 Å². The molecule has 0 amide bonds. The van der Waals surface area contributed by atoms with Crippen LogP contribution in [0.4, 0.5) is 0 Å². The summed E-state index contributed by atoms with van der Waals surface area (Å²) in [5.74, 6) is 0.993. The number of aryl methyl sites for hydroxylation is 1. The van der Waals surface area contributed by atoms with Crippen molar-refractivity contribution in [2.75, 3.05) is 27.2 Å². The van der Waals surface area contributed by atoms with Crippen LogP contribution < -0.4 is 10.5 Å². The highest BCUT2D eigenvalue weighted by Gasteiger charge is 2.37. The monoisotopic (exact) mass is 234 g/mol. The second kappa shape index (κ2) is 4.67. The minimum Gasteiger partial charge on any atom is -0.493 e. The number of fused-ring (bicyclic) bond motifs is 1. The molecule has 3 nitrogen and oxygen atoms in total. The number of nitrogens with zero attached hydrogens (tertiary/aromatic N) is 1. The van der Waals surface area contributed by atoms with Crippen LogP contribution >= 0.6 is 0 Å². The number of hydrogen-bond acceptors (Lipinski definition) is 3. The fraction of sp³-hybridized carbons (Fsp3) is 0.571. The van der Waals surface area contributed by atoms with Gasteiger partial charge in [-0.2, -0.15) is 0 Å². The van der Waals surface area contributed by atoms with Crippen LogP contribution in [-0.2, 0) is 5.54 Å². The third kappa shape index (κ3) is 2.05. The largest absolute Gasteiger partial charge is 0.493 e. The van der Waals surface area contributed by atoms with Crippen molar-refractivity contribution in [2.45, 2.75) is 25.3 Å². The van der Waals surface area contributed by atoms with E-state index < -0.39 is 0 Å². The standard InChI is InChI=1S/C14H22N2O/c1-11-5-6-13-12(9-11)14(10-15,16(2)3)7-4-8-17-13/h5-6,9H,4,7-8,10,15H2,1-3H3. The maximum Gasteiger partial charge on any atom is 0.124 e. The first-order valence-corrected chi connectivity index (χ1v) is 6.21. The first-order chi connectivity index (χ1) is 8.10. The second-order valence-corrected chi connectivity index (χ2v) is 5.08. The third-order valence-corrected chi connectivity index (χ3v) is 3.82. The first-order valence-electron chi connectivity index (χ1n) is 6.21. The normalized spacial score (nSPS) is 24.1. The van der Waals surface area contributed by atoms with Crippen LogP contribution in [-0.4, -0.2) is 32.1 Å². The van der Waals surface area contributed by atoms with Crippen molar-refractivity contribution in [3.63, 3.8) is 0 Å². The molecule has 1 aromatic rings. The van der Waals surface area contributed by atoms with Crippen molar-refractivity contribution < 1.29 is 4.74 Å². The maximum atomic E-state index is 6.08. The molecule has 1 unspecified atom stereocenters. The lowest BCUT2D eigenvalue weighted by molar-refractivity contribution is 0.147. The number of ether oxygens (including phenoxy) is 1. The van der Waals surface area contributed by atoms with Gasteiger partial charge in [0.1, 0.15) is 5.75 Å². The van der Waals surface area contributed by atoms with Crippen LogP contribution in [0, 0.1) is 6.92 Å². The van der Waals surface area contributed by atoms with Crippen molar-refractivity contribution in [1.29, 1.82) is 0 Å². The van der Waals surface area contributed by atoms with Gasteiger partial charge in [-0.1, -0.05) is 17.7 Å². The smallest absolute Gasteiger partial charge is 0.124 e. The summed E-state index contributed by atoms with van der Waals surface area (Å²) in [5, 5.41) is 0. The Kier molecular flexibility index (Phi) is 3.40. The molecule has 0 saturated heterocycles. The molecule has 1 aliphatic heterocycles. The molecule has 3 heteroatoms. The predicted octanol–water partition coefficient (Wildman–Crippen LogP) is 1.88. The molecule has 2 N–H and O–H groups in total. The van der Waals surface area contributed by atoms with Crippen LogP contribution in [0.25, 0.3) is 0 Å². The molecule has 1 heterocycles. The van der Waals surface area contributed by atoms with Crippen LogP contribution in [0.3, 0.4) is 0 Å². The Morgan fingerprint density at radius 3 is 2.82 bits per heavy atom. The Morgan fingerprint density at radius 2 is 2.18 bits per heavy atom.